The second-order valence-corrected chi connectivity index (χ2v) is 8.50. The van der Waals surface area contributed by atoms with Gasteiger partial charge in [-0.1, -0.05) is 13.3 Å². The Hall–Kier alpha value is -0.180. The van der Waals surface area contributed by atoms with E-state index in [0.717, 1.165) is 19.3 Å². The molecule has 0 unspecified atom stereocenters. The molecule has 8 heteroatoms. The summed E-state index contributed by atoms with van der Waals surface area (Å²) in [5.41, 5.74) is 0. The van der Waals surface area contributed by atoms with E-state index in [2.05, 4.69) is 4.72 Å². The molecule has 108 valence electrons. The fourth-order valence-corrected chi connectivity index (χ4v) is 4.60. The number of nitrogens with one attached hydrogen (secondary N) is 1. The average molecular weight is 298 g/mol. The number of hydrogen-bond donors (Lipinski definition) is 1. The Morgan fingerprint density at radius 2 is 1.61 bits per heavy atom. The van der Waals surface area contributed by atoms with Crippen molar-refractivity contribution in [2.24, 2.45) is 0 Å². The lowest BCUT2D eigenvalue weighted by molar-refractivity contribution is 0.346. The van der Waals surface area contributed by atoms with Gasteiger partial charge in [-0.3, -0.25) is 0 Å². The monoisotopic (exact) mass is 298 g/mol. The van der Waals surface area contributed by atoms with Crippen LogP contribution in [0.1, 0.15) is 32.6 Å². The molecule has 1 saturated heterocycles. The molecule has 1 rings (SSSR count). The van der Waals surface area contributed by atoms with E-state index in [9.17, 15) is 16.8 Å². The third-order valence-electron chi connectivity index (χ3n) is 2.86. The van der Waals surface area contributed by atoms with Gasteiger partial charge in [0, 0.05) is 19.6 Å². The van der Waals surface area contributed by atoms with Crippen LogP contribution in [0, 0.1) is 0 Å². The third-order valence-corrected chi connectivity index (χ3v) is 6.32. The highest BCUT2D eigenvalue weighted by Crippen LogP contribution is 2.13. The van der Waals surface area contributed by atoms with Crippen molar-refractivity contribution in [3.8, 4) is 0 Å². The summed E-state index contributed by atoms with van der Waals surface area (Å²) in [6, 6.07) is 0. The molecule has 1 aliphatic heterocycles. The molecular weight excluding hydrogens is 276 g/mol. The zero-order chi connectivity index (χ0) is 13.6. The lowest BCUT2D eigenvalue weighted by atomic mass is 10.2. The van der Waals surface area contributed by atoms with Crippen molar-refractivity contribution in [2.45, 2.75) is 32.6 Å². The largest absolute Gasteiger partial charge is 0.215 e. The number of nitrogens with zero attached hydrogens (tertiary/aromatic N) is 1. The molecule has 6 nitrogen and oxygen atoms in total. The zero-order valence-corrected chi connectivity index (χ0v) is 12.4. The summed E-state index contributed by atoms with van der Waals surface area (Å²) < 4.78 is 50.4. The van der Waals surface area contributed by atoms with Crippen LogP contribution in [0.15, 0.2) is 0 Å². The molecule has 0 radical (unpaired) electrons. The molecule has 0 amide bonds. The minimum Gasteiger partial charge on any atom is -0.214 e. The van der Waals surface area contributed by atoms with Crippen LogP contribution in [-0.4, -0.2) is 52.3 Å². The molecule has 0 bridgehead atoms. The van der Waals surface area contributed by atoms with Gasteiger partial charge < -0.3 is 0 Å². The summed E-state index contributed by atoms with van der Waals surface area (Å²) in [6.07, 6.45) is 3.37. The van der Waals surface area contributed by atoms with Crippen LogP contribution in [0.3, 0.4) is 0 Å². The smallest absolute Gasteiger partial charge is 0.214 e. The molecule has 0 saturated carbocycles. The Labute approximate surface area is 110 Å². The maximum atomic E-state index is 11.9. The summed E-state index contributed by atoms with van der Waals surface area (Å²) in [7, 11) is -6.63. The molecule has 0 aliphatic carbocycles. The number of piperidine rings is 1. The SMILES string of the molecule is CCCS(=O)(=O)NCCS(=O)(=O)N1CCCCC1. The Bertz CT molecular complexity index is 438. The van der Waals surface area contributed by atoms with Gasteiger partial charge in [-0.2, -0.15) is 0 Å². The van der Waals surface area contributed by atoms with Gasteiger partial charge in [-0.15, -0.1) is 0 Å². The molecule has 1 heterocycles. The molecule has 0 aromatic carbocycles. The van der Waals surface area contributed by atoms with Crippen molar-refractivity contribution in [2.75, 3.05) is 31.1 Å². The first-order valence-corrected chi connectivity index (χ1v) is 9.59. The highest BCUT2D eigenvalue weighted by molar-refractivity contribution is 7.90. The lowest BCUT2D eigenvalue weighted by Gasteiger charge is -2.25. The molecule has 0 aromatic rings. The quantitative estimate of drug-likeness (QED) is 0.724. The van der Waals surface area contributed by atoms with Gasteiger partial charge in [0.25, 0.3) is 0 Å². The molecular formula is C10H22N2O4S2. The fraction of sp³-hybridized carbons (Fsp3) is 1.00. The van der Waals surface area contributed by atoms with Gasteiger partial charge in [-0.05, 0) is 19.3 Å². The molecule has 1 aliphatic rings. The first-order chi connectivity index (χ1) is 8.37. The lowest BCUT2D eigenvalue weighted by Crippen LogP contribution is -2.40. The standard InChI is InChI=1S/C10H22N2O4S2/c1-2-9-17(13,14)11-6-10-18(15,16)12-7-4-3-5-8-12/h11H,2-10H2,1H3. The van der Waals surface area contributed by atoms with Gasteiger partial charge in [0.05, 0.1) is 11.5 Å². The topological polar surface area (TPSA) is 83.5 Å². The van der Waals surface area contributed by atoms with Gasteiger partial charge in [0.2, 0.25) is 20.0 Å². The predicted molar refractivity (Wildman–Crippen MR) is 71.3 cm³/mol. The van der Waals surface area contributed by atoms with Crippen molar-refractivity contribution in [3.05, 3.63) is 0 Å². The first-order valence-electron chi connectivity index (χ1n) is 6.32. The van der Waals surface area contributed by atoms with Gasteiger partial charge in [0.1, 0.15) is 0 Å². The van der Waals surface area contributed by atoms with Crippen LogP contribution in [-0.2, 0) is 20.0 Å². The van der Waals surface area contributed by atoms with E-state index in [4.69, 9.17) is 0 Å². The van der Waals surface area contributed by atoms with E-state index in [1.165, 1.54) is 4.31 Å². The molecule has 0 atom stereocenters. The van der Waals surface area contributed by atoms with Crippen molar-refractivity contribution in [3.63, 3.8) is 0 Å². The van der Waals surface area contributed by atoms with Crippen LogP contribution in [0.5, 0.6) is 0 Å². The van der Waals surface area contributed by atoms with E-state index < -0.39 is 20.0 Å². The van der Waals surface area contributed by atoms with E-state index in [0.29, 0.717) is 19.5 Å². The second kappa shape index (κ2) is 6.83. The Kier molecular flexibility index (Phi) is 6.03. The van der Waals surface area contributed by atoms with Crippen molar-refractivity contribution in [1.29, 1.82) is 0 Å². The van der Waals surface area contributed by atoms with E-state index in [-0.39, 0.29) is 18.1 Å². The van der Waals surface area contributed by atoms with Gasteiger partial charge >= 0.3 is 0 Å². The van der Waals surface area contributed by atoms with Crippen LogP contribution in [0.2, 0.25) is 0 Å². The van der Waals surface area contributed by atoms with Crippen molar-refractivity contribution >= 4 is 20.0 Å². The molecule has 1 fully saturated rings. The minimum atomic E-state index is -3.32. The van der Waals surface area contributed by atoms with Crippen LogP contribution >= 0.6 is 0 Å². The van der Waals surface area contributed by atoms with Gasteiger partial charge in [-0.25, -0.2) is 25.9 Å². The van der Waals surface area contributed by atoms with E-state index >= 15 is 0 Å². The van der Waals surface area contributed by atoms with Crippen LogP contribution in [0.4, 0.5) is 0 Å². The van der Waals surface area contributed by atoms with E-state index in [1.807, 2.05) is 0 Å². The third kappa shape index (κ3) is 5.21. The predicted octanol–water partition coefficient (Wildman–Crippen LogP) is 0.132. The number of rotatable bonds is 7. The maximum absolute atomic E-state index is 11.9. The first kappa shape index (κ1) is 15.9. The summed E-state index contributed by atoms with van der Waals surface area (Å²) >= 11 is 0. The second-order valence-electron chi connectivity index (χ2n) is 4.49. The Balaban J connectivity index is 2.42. The highest BCUT2D eigenvalue weighted by atomic mass is 32.2. The maximum Gasteiger partial charge on any atom is 0.215 e. The molecule has 1 N–H and O–H groups in total. The number of hydrogen-bond acceptors (Lipinski definition) is 4. The van der Waals surface area contributed by atoms with Crippen LogP contribution < -0.4 is 4.72 Å². The summed E-state index contributed by atoms with van der Waals surface area (Å²) in [6.45, 7) is 2.85. The normalized spacial score (nSPS) is 18.9. The molecule has 0 spiro atoms. The molecule has 0 aromatic heterocycles. The summed E-state index contributed by atoms with van der Waals surface area (Å²) in [4.78, 5) is 0. The fourth-order valence-electron chi connectivity index (χ4n) is 1.94. The molecule has 18 heavy (non-hydrogen) atoms. The summed E-state index contributed by atoms with van der Waals surface area (Å²) in [5, 5.41) is 0. The van der Waals surface area contributed by atoms with Crippen molar-refractivity contribution < 1.29 is 16.8 Å². The Morgan fingerprint density at radius 3 is 2.17 bits per heavy atom. The highest BCUT2D eigenvalue weighted by Gasteiger charge is 2.23. The van der Waals surface area contributed by atoms with E-state index in [1.54, 1.807) is 6.92 Å². The van der Waals surface area contributed by atoms with Gasteiger partial charge in [0.15, 0.2) is 0 Å². The average Bonchev–Trinajstić information content (AvgIpc) is 2.29. The zero-order valence-electron chi connectivity index (χ0n) is 10.8. The van der Waals surface area contributed by atoms with Crippen molar-refractivity contribution in [1.82, 2.24) is 9.03 Å². The Morgan fingerprint density at radius 1 is 1.00 bits per heavy atom. The number of sulfonamides is 2. The summed E-state index contributed by atoms with van der Waals surface area (Å²) in [5.74, 6) is -0.118. The minimum absolute atomic E-state index is 0.0385. The van der Waals surface area contributed by atoms with Crippen LogP contribution in [0.25, 0.3) is 0 Å².